The largest absolute Gasteiger partial charge is 0.446 e. The third kappa shape index (κ3) is 2.19. The van der Waals surface area contributed by atoms with Crippen molar-refractivity contribution in [1.29, 1.82) is 5.26 Å². The number of aromatic nitrogens is 1. The molecule has 0 aliphatic carbocycles. The molecule has 0 radical (unpaired) electrons. The van der Waals surface area contributed by atoms with E-state index in [0.717, 1.165) is 0 Å². The number of halogens is 2. The zero-order valence-electron chi connectivity index (χ0n) is 8.57. The van der Waals surface area contributed by atoms with Gasteiger partial charge in [-0.25, -0.2) is 13.8 Å². The molecule has 1 unspecified atom stereocenters. The number of hydrogen-bond donors (Lipinski definition) is 0. The molecule has 16 heavy (non-hydrogen) atoms. The fourth-order valence-electron chi connectivity index (χ4n) is 1.80. The molecule has 0 saturated carbocycles. The van der Waals surface area contributed by atoms with Crippen molar-refractivity contribution < 1.29 is 13.2 Å². The lowest BCUT2D eigenvalue weighted by Crippen LogP contribution is -2.40. The van der Waals surface area contributed by atoms with E-state index in [2.05, 4.69) is 4.98 Å². The second-order valence-electron chi connectivity index (χ2n) is 3.83. The van der Waals surface area contributed by atoms with E-state index in [1.807, 2.05) is 6.07 Å². The Bertz CT molecular complexity index is 375. The van der Waals surface area contributed by atoms with Crippen LogP contribution in [-0.2, 0) is 0 Å². The molecule has 1 aliphatic rings. The van der Waals surface area contributed by atoms with Gasteiger partial charge in [0.15, 0.2) is 18.2 Å². The van der Waals surface area contributed by atoms with Crippen molar-refractivity contribution in [2.75, 3.05) is 13.1 Å². The Balaban J connectivity index is 2.05. The number of alkyl halides is 2. The maximum Gasteiger partial charge on any atom is 0.250 e. The average Bonchev–Trinajstić information content (AvgIpc) is 2.75. The zero-order chi connectivity index (χ0) is 11.6. The standard InChI is InChI=1S/C10H11F2N3O/c11-10(12)1-3-15(4-2-10)8(5-13)9-6-14-7-16-9/h6-8H,1-4H2. The zero-order valence-corrected chi connectivity index (χ0v) is 8.57. The highest BCUT2D eigenvalue weighted by molar-refractivity contribution is 5.09. The van der Waals surface area contributed by atoms with E-state index in [1.165, 1.54) is 12.6 Å². The molecule has 1 aromatic heterocycles. The number of nitrogens with zero attached hydrogens (tertiary/aromatic N) is 3. The van der Waals surface area contributed by atoms with Gasteiger partial charge in [-0.15, -0.1) is 0 Å². The molecule has 0 spiro atoms. The Morgan fingerprint density at radius 2 is 2.19 bits per heavy atom. The van der Waals surface area contributed by atoms with Gasteiger partial charge >= 0.3 is 0 Å². The Labute approximate surface area is 91.5 Å². The number of rotatable bonds is 2. The minimum absolute atomic E-state index is 0.200. The summed E-state index contributed by atoms with van der Waals surface area (Å²) in [6, 6.07) is 1.44. The summed E-state index contributed by atoms with van der Waals surface area (Å²) in [4.78, 5) is 5.41. The average molecular weight is 227 g/mol. The first-order valence-corrected chi connectivity index (χ1v) is 5.02. The molecule has 86 valence electrons. The van der Waals surface area contributed by atoms with E-state index in [-0.39, 0.29) is 25.9 Å². The molecule has 1 aromatic rings. The summed E-state index contributed by atoms with van der Waals surface area (Å²) < 4.78 is 30.9. The van der Waals surface area contributed by atoms with Crippen LogP contribution in [0.4, 0.5) is 8.78 Å². The van der Waals surface area contributed by atoms with Crippen LogP contribution in [0.5, 0.6) is 0 Å². The summed E-state index contributed by atoms with van der Waals surface area (Å²) >= 11 is 0. The first-order valence-electron chi connectivity index (χ1n) is 5.02. The molecule has 4 nitrogen and oxygen atoms in total. The SMILES string of the molecule is N#CC(c1cnco1)N1CCC(F)(F)CC1. The van der Waals surface area contributed by atoms with Gasteiger partial charge < -0.3 is 4.42 Å². The molecule has 1 fully saturated rings. The highest BCUT2D eigenvalue weighted by Crippen LogP contribution is 2.31. The van der Waals surface area contributed by atoms with Crippen LogP contribution in [0.2, 0.25) is 0 Å². The van der Waals surface area contributed by atoms with Gasteiger partial charge in [0.25, 0.3) is 5.92 Å². The predicted molar refractivity (Wildman–Crippen MR) is 50.6 cm³/mol. The van der Waals surface area contributed by atoms with Crippen molar-refractivity contribution in [2.45, 2.75) is 24.8 Å². The second kappa shape index (κ2) is 4.18. The van der Waals surface area contributed by atoms with Gasteiger partial charge in [0.1, 0.15) is 0 Å². The highest BCUT2D eigenvalue weighted by atomic mass is 19.3. The first kappa shape index (κ1) is 11.0. The summed E-state index contributed by atoms with van der Waals surface area (Å²) in [7, 11) is 0. The molecule has 1 atom stereocenters. The topological polar surface area (TPSA) is 53.1 Å². The number of oxazole rings is 1. The number of piperidine rings is 1. The second-order valence-corrected chi connectivity index (χ2v) is 3.83. The summed E-state index contributed by atoms with van der Waals surface area (Å²) in [6.45, 7) is 0.401. The summed E-state index contributed by atoms with van der Waals surface area (Å²) in [5, 5.41) is 9.01. The van der Waals surface area contributed by atoms with Crippen LogP contribution < -0.4 is 0 Å². The third-order valence-electron chi connectivity index (χ3n) is 2.74. The van der Waals surface area contributed by atoms with Gasteiger partial charge in [0.2, 0.25) is 0 Å². The van der Waals surface area contributed by atoms with Gasteiger partial charge in [0, 0.05) is 25.9 Å². The lowest BCUT2D eigenvalue weighted by atomic mass is 10.0. The Morgan fingerprint density at radius 1 is 1.50 bits per heavy atom. The fraction of sp³-hybridized carbons (Fsp3) is 0.600. The molecule has 0 aromatic carbocycles. The summed E-state index contributed by atoms with van der Waals surface area (Å²) in [6.07, 6.45) is 2.26. The number of nitriles is 1. The maximum absolute atomic E-state index is 12.9. The molecule has 0 amide bonds. The third-order valence-corrected chi connectivity index (χ3v) is 2.74. The van der Waals surface area contributed by atoms with Crippen LogP contribution in [0.15, 0.2) is 17.0 Å². The van der Waals surface area contributed by atoms with E-state index >= 15 is 0 Å². The molecule has 0 bridgehead atoms. The van der Waals surface area contributed by atoms with Crippen molar-refractivity contribution >= 4 is 0 Å². The van der Waals surface area contributed by atoms with E-state index < -0.39 is 12.0 Å². The molecule has 0 N–H and O–H groups in total. The van der Waals surface area contributed by atoms with Crippen molar-refractivity contribution in [2.24, 2.45) is 0 Å². The van der Waals surface area contributed by atoms with E-state index in [9.17, 15) is 8.78 Å². The van der Waals surface area contributed by atoms with Crippen molar-refractivity contribution in [3.63, 3.8) is 0 Å². The molecule has 1 aliphatic heterocycles. The summed E-state index contributed by atoms with van der Waals surface area (Å²) in [5.74, 6) is -2.19. The van der Waals surface area contributed by atoms with Crippen LogP contribution in [0.1, 0.15) is 24.6 Å². The normalized spacial score (nSPS) is 22.6. The monoisotopic (exact) mass is 227 g/mol. The van der Waals surface area contributed by atoms with Crippen molar-refractivity contribution in [3.05, 3.63) is 18.4 Å². The Kier molecular flexibility index (Phi) is 2.88. The molecule has 1 saturated heterocycles. The minimum Gasteiger partial charge on any atom is -0.446 e. The molecular formula is C10H11F2N3O. The molecule has 2 rings (SSSR count). The van der Waals surface area contributed by atoms with Crippen molar-refractivity contribution in [1.82, 2.24) is 9.88 Å². The smallest absolute Gasteiger partial charge is 0.250 e. The number of hydrogen-bond acceptors (Lipinski definition) is 4. The van der Waals surface area contributed by atoms with Crippen LogP contribution in [0.3, 0.4) is 0 Å². The molecular weight excluding hydrogens is 216 g/mol. The minimum atomic E-state index is -2.60. The lowest BCUT2D eigenvalue weighted by molar-refractivity contribution is -0.0606. The Morgan fingerprint density at radius 3 is 2.69 bits per heavy atom. The van der Waals surface area contributed by atoms with Crippen LogP contribution in [-0.4, -0.2) is 28.9 Å². The van der Waals surface area contributed by atoms with Gasteiger partial charge in [-0.05, 0) is 0 Å². The van der Waals surface area contributed by atoms with Gasteiger partial charge in [0.05, 0.1) is 12.3 Å². The summed E-state index contributed by atoms with van der Waals surface area (Å²) in [5.41, 5.74) is 0. The van der Waals surface area contributed by atoms with Gasteiger partial charge in [-0.3, -0.25) is 4.90 Å². The molecule has 6 heteroatoms. The van der Waals surface area contributed by atoms with E-state index in [0.29, 0.717) is 5.76 Å². The van der Waals surface area contributed by atoms with Gasteiger partial charge in [-0.1, -0.05) is 0 Å². The van der Waals surface area contributed by atoms with E-state index in [1.54, 1.807) is 4.90 Å². The molecule has 2 heterocycles. The van der Waals surface area contributed by atoms with Crippen molar-refractivity contribution in [3.8, 4) is 6.07 Å². The number of likely N-dealkylation sites (tertiary alicyclic amines) is 1. The maximum atomic E-state index is 12.9. The quantitative estimate of drug-likeness (QED) is 0.775. The fourth-order valence-corrected chi connectivity index (χ4v) is 1.80. The highest BCUT2D eigenvalue weighted by Gasteiger charge is 2.37. The lowest BCUT2D eigenvalue weighted by Gasteiger charge is -2.33. The van der Waals surface area contributed by atoms with Gasteiger partial charge in [-0.2, -0.15) is 5.26 Å². The Hall–Kier alpha value is -1.48. The van der Waals surface area contributed by atoms with Crippen LogP contribution in [0.25, 0.3) is 0 Å². The predicted octanol–water partition coefficient (Wildman–Crippen LogP) is 1.97. The first-order chi connectivity index (χ1) is 7.62. The van der Waals surface area contributed by atoms with E-state index in [4.69, 9.17) is 9.68 Å². The van der Waals surface area contributed by atoms with Crippen LogP contribution >= 0.6 is 0 Å². The van der Waals surface area contributed by atoms with Crippen LogP contribution in [0, 0.1) is 11.3 Å².